The lowest BCUT2D eigenvalue weighted by Gasteiger charge is -2.05. The van der Waals surface area contributed by atoms with Crippen LogP contribution in [0.1, 0.15) is 43.4 Å². The third-order valence-corrected chi connectivity index (χ3v) is 4.49. The molecule has 1 nitrogen and oxygen atoms in total. The number of fused-ring (bicyclic) bond motifs is 1. The molecule has 0 spiro atoms. The van der Waals surface area contributed by atoms with Crippen LogP contribution in [0.4, 0.5) is 0 Å². The van der Waals surface area contributed by atoms with Gasteiger partial charge in [-0.2, -0.15) is 0 Å². The Morgan fingerprint density at radius 3 is 2.47 bits per heavy atom. The first-order valence-electron chi connectivity index (χ1n) is 6.98. The fourth-order valence-electron chi connectivity index (χ4n) is 2.38. The van der Waals surface area contributed by atoms with E-state index in [9.17, 15) is 0 Å². The molecular weight excluding hydrogens is 250 g/mol. The maximum Gasteiger partial charge on any atom is 0.0312 e. The van der Waals surface area contributed by atoms with Crippen molar-refractivity contribution in [2.75, 3.05) is 6.54 Å². The Hall–Kier alpha value is -0.990. The lowest BCUT2D eigenvalue weighted by molar-refractivity contribution is 0.868. The molecule has 0 aliphatic heterocycles. The first-order valence-corrected chi connectivity index (χ1v) is 7.79. The molecule has 0 saturated carbocycles. The molecule has 0 bridgehead atoms. The smallest absolute Gasteiger partial charge is 0.0312 e. The van der Waals surface area contributed by atoms with E-state index in [4.69, 9.17) is 0 Å². The van der Waals surface area contributed by atoms with Crippen molar-refractivity contribution in [1.82, 2.24) is 4.72 Å². The van der Waals surface area contributed by atoms with Crippen molar-refractivity contribution in [3.05, 3.63) is 41.0 Å². The summed E-state index contributed by atoms with van der Waals surface area (Å²) < 4.78 is 3.36. The summed E-state index contributed by atoms with van der Waals surface area (Å²) >= 11 is 1.74. The highest BCUT2D eigenvalue weighted by Gasteiger charge is 2.16. The molecule has 1 N–H and O–H groups in total. The van der Waals surface area contributed by atoms with Gasteiger partial charge < -0.3 is 0 Å². The van der Waals surface area contributed by atoms with E-state index >= 15 is 0 Å². The molecule has 0 aromatic carbocycles. The highest BCUT2D eigenvalue weighted by molar-refractivity contribution is 7.97. The van der Waals surface area contributed by atoms with E-state index in [1.54, 1.807) is 11.9 Å². The average molecular weight is 273 g/mol. The molecule has 0 atom stereocenters. The predicted molar refractivity (Wildman–Crippen MR) is 86.2 cm³/mol. The van der Waals surface area contributed by atoms with Gasteiger partial charge in [0.2, 0.25) is 0 Å². The van der Waals surface area contributed by atoms with Crippen LogP contribution in [0.2, 0.25) is 0 Å². The monoisotopic (exact) mass is 273 g/mol. The summed E-state index contributed by atoms with van der Waals surface area (Å²) in [6.07, 6.45) is 0. The van der Waals surface area contributed by atoms with Crippen molar-refractivity contribution in [2.24, 2.45) is 0 Å². The number of hydrogen-bond acceptors (Lipinski definition) is 2. The van der Waals surface area contributed by atoms with Crippen molar-refractivity contribution in [3.63, 3.8) is 0 Å². The fourth-order valence-corrected chi connectivity index (χ4v) is 3.29. The second kappa shape index (κ2) is 5.98. The van der Waals surface area contributed by atoms with Crippen LogP contribution >= 0.6 is 11.9 Å². The van der Waals surface area contributed by atoms with Gasteiger partial charge in [0.25, 0.3) is 0 Å². The average Bonchev–Trinajstić information content (AvgIpc) is 2.55. The first-order chi connectivity index (χ1) is 9.04. The molecule has 0 saturated heterocycles. The van der Waals surface area contributed by atoms with Crippen LogP contribution in [0, 0.1) is 13.8 Å². The molecule has 102 valence electrons. The third kappa shape index (κ3) is 2.96. The van der Waals surface area contributed by atoms with E-state index in [2.05, 4.69) is 63.6 Å². The minimum atomic E-state index is 0.564. The van der Waals surface area contributed by atoms with Gasteiger partial charge in [-0.3, -0.25) is 4.72 Å². The topological polar surface area (TPSA) is 12.0 Å². The summed E-state index contributed by atoms with van der Waals surface area (Å²) in [5, 5.41) is 0. The van der Waals surface area contributed by atoms with Crippen LogP contribution in [0.25, 0.3) is 11.1 Å². The second-order valence-corrected chi connectivity index (χ2v) is 6.33. The van der Waals surface area contributed by atoms with Crippen molar-refractivity contribution in [2.45, 2.75) is 45.4 Å². The number of aryl methyl sites for hydroxylation is 2. The lowest BCUT2D eigenvalue weighted by atomic mass is 10.0. The Bertz CT molecular complexity index is 546. The summed E-state index contributed by atoms with van der Waals surface area (Å²) in [5.41, 5.74) is 6.93. The van der Waals surface area contributed by atoms with E-state index in [-0.39, 0.29) is 0 Å². The summed E-state index contributed by atoms with van der Waals surface area (Å²) in [7, 11) is 0. The van der Waals surface area contributed by atoms with Gasteiger partial charge in [0.15, 0.2) is 0 Å². The zero-order chi connectivity index (χ0) is 14.0. The van der Waals surface area contributed by atoms with Crippen LogP contribution < -0.4 is 4.72 Å². The van der Waals surface area contributed by atoms with E-state index in [1.807, 2.05) is 0 Å². The zero-order valence-electron chi connectivity index (χ0n) is 12.5. The summed E-state index contributed by atoms with van der Waals surface area (Å²) in [4.78, 5) is 1.35. The quantitative estimate of drug-likeness (QED) is 0.773. The Morgan fingerprint density at radius 1 is 1.11 bits per heavy atom. The Labute approximate surface area is 121 Å². The van der Waals surface area contributed by atoms with E-state index in [1.165, 1.54) is 32.7 Å². The number of rotatable bonds is 4. The predicted octanol–water partition coefficient (Wildman–Crippen LogP) is 5.15. The van der Waals surface area contributed by atoms with Gasteiger partial charge in [-0.25, -0.2) is 0 Å². The summed E-state index contributed by atoms with van der Waals surface area (Å²) in [6, 6.07) is 9.18. The molecule has 0 aromatic rings. The minimum Gasteiger partial charge on any atom is -0.260 e. The third-order valence-electron chi connectivity index (χ3n) is 3.51. The fraction of sp³-hybridized carbons (Fsp3) is 0.412. The van der Waals surface area contributed by atoms with Crippen LogP contribution in [0.5, 0.6) is 0 Å². The van der Waals surface area contributed by atoms with Crippen LogP contribution in [-0.2, 0) is 0 Å². The van der Waals surface area contributed by atoms with Gasteiger partial charge in [0.1, 0.15) is 0 Å². The van der Waals surface area contributed by atoms with Crippen molar-refractivity contribution in [1.29, 1.82) is 0 Å². The molecule has 19 heavy (non-hydrogen) atoms. The molecule has 2 rings (SSSR count). The van der Waals surface area contributed by atoms with E-state index < -0.39 is 0 Å². The van der Waals surface area contributed by atoms with Crippen LogP contribution in [0.3, 0.4) is 0 Å². The zero-order valence-corrected chi connectivity index (χ0v) is 13.3. The molecule has 0 fully saturated rings. The Balaban J connectivity index is 2.57. The van der Waals surface area contributed by atoms with Gasteiger partial charge in [-0.15, -0.1) is 0 Å². The molecule has 0 amide bonds. The van der Waals surface area contributed by atoms with Crippen LogP contribution in [0.15, 0.2) is 29.2 Å². The normalized spacial score (nSPS) is 11.5. The second-order valence-electron chi connectivity index (χ2n) is 5.40. The van der Waals surface area contributed by atoms with Crippen molar-refractivity contribution in [3.8, 4) is 11.1 Å². The van der Waals surface area contributed by atoms with Crippen LogP contribution in [-0.4, -0.2) is 6.54 Å². The lowest BCUT2D eigenvalue weighted by Crippen LogP contribution is -1.99. The van der Waals surface area contributed by atoms with Crippen molar-refractivity contribution < 1.29 is 0 Å². The minimum absolute atomic E-state index is 0.564. The maximum absolute atomic E-state index is 3.36. The Morgan fingerprint density at radius 2 is 1.84 bits per heavy atom. The highest BCUT2D eigenvalue weighted by atomic mass is 32.2. The number of nitrogens with one attached hydrogen (secondary N) is 1. The molecule has 2 heteroatoms. The van der Waals surface area contributed by atoms with Gasteiger partial charge in [0.05, 0.1) is 0 Å². The Kier molecular flexibility index (Phi) is 4.54. The van der Waals surface area contributed by atoms with Gasteiger partial charge >= 0.3 is 0 Å². The summed E-state index contributed by atoms with van der Waals surface area (Å²) in [5.74, 6) is 0.564. The molecule has 0 radical (unpaired) electrons. The number of hydrogen-bond donors (Lipinski definition) is 1. The largest absolute Gasteiger partial charge is 0.260 e. The molecular formula is C17H23NS. The molecule has 2 aliphatic rings. The SMILES string of the molecule is CCNSc1cc(C)c2cc(C(C)C)ccc(C)c1-2. The van der Waals surface area contributed by atoms with E-state index in [0.29, 0.717) is 5.92 Å². The molecule has 2 aliphatic carbocycles. The highest BCUT2D eigenvalue weighted by Crippen LogP contribution is 2.40. The molecule has 0 unspecified atom stereocenters. The summed E-state index contributed by atoms with van der Waals surface area (Å²) in [6.45, 7) is 12.0. The van der Waals surface area contributed by atoms with Crippen molar-refractivity contribution >= 4 is 11.9 Å². The first kappa shape index (κ1) is 14.4. The van der Waals surface area contributed by atoms with Gasteiger partial charge in [-0.1, -0.05) is 39.0 Å². The van der Waals surface area contributed by atoms with E-state index in [0.717, 1.165) is 6.54 Å². The molecule has 0 heterocycles. The standard InChI is InChI=1S/C17H23NS/c1-6-18-19-16-9-13(5)15-10-14(11(2)3)8-7-12(4)17(15)16/h7-11,18H,6H2,1-5H3. The van der Waals surface area contributed by atoms with Gasteiger partial charge in [-0.05, 0) is 65.6 Å². The molecule has 0 aromatic heterocycles. The maximum atomic E-state index is 3.36. The van der Waals surface area contributed by atoms with Gasteiger partial charge in [0, 0.05) is 11.4 Å².